The Morgan fingerprint density at radius 2 is 1.55 bits per heavy atom. The highest BCUT2D eigenvalue weighted by atomic mass is 16.6. The summed E-state index contributed by atoms with van der Waals surface area (Å²) < 4.78 is 19.9. The minimum atomic E-state index is -0.744. The van der Waals surface area contributed by atoms with Gasteiger partial charge in [0.1, 0.15) is 0 Å². The molecule has 1 rings (SSSR count). The van der Waals surface area contributed by atoms with E-state index < -0.39 is 11.9 Å². The highest BCUT2D eigenvalue weighted by molar-refractivity contribution is 5.94. The van der Waals surface area contributed by atoms with Gasteiger partial charge in [0.25, 0.3) is 0 Å². The van der Waals surface area contributed by atoms with E-state index in [0.29, 0.717) is 22.8 Å². The van der Waals surface area contributed by atoms with Crippen molar-refractivity contribution in [3.8, 4) is 17.2 Å². The van der Waals surface area contributed by atoms with Gasteiger partial charge in [-0.15, -0.1) is 0 Å². The highest BCUT2D eigenvalue weighted by Gasteiger charge is 2.12. The van der Waals surface area contributed by atoms with Gasteiger partial charge in [-0.3, -0.25) is 4.79 Å². The lowest BCUT2D eigenvalue weighted by Gasteiger charge is -2.12. The molecule has 0 spiro atoms. The van der Waals surface area contributed by atoms with Gasteiger partial charge in [0.2, 0.25) is 5.75 Å². The van der Waals surface area contributed by atoms with Gasteiger partial charge in [-0.25, -0.2) is 4.79 Å². The van der Waals surface area contributed by atoms with Crippen molar-refractivity contribution in [3.63, 3.8) is 0 Å². The van der Waals surface area contributed by atoms with E-state index in [1.165, 1.54) is 27.4 Å². The molecule has 0 amide bonds. The lowest BCUT2D eigenvalue weighted by Crippen LogP contribution is -2.05. The molecule has 0 radical (unpaired) electrons. The molecule has 1 aromatic carbocycles. The van der Waals surface area contributed by atoms with Crippen molar-refractivity contribution in [1.82, 2.24) is 0 Å². The summed E-state index contributed by atoms with van der Waals surface area (Å²) in [5.74, 6) is -0.0212. The fraction of sp³-hybridized carbons (Fsp3) is 0.286. The number of ether oxygens (including phenoxy) is 4. The Morgan fingerprint density at radius 3 is 1.95 bits per heavy atom. The van der Waals surface area contributed by atoms with Crippen LogP contribution in [0.5, 0.6) is 17.2 Å². The summed E-state index contributed by atoms with van der Waals surface area (Å²) in [5.41, 5.74) is 0.639. The lowest BCUT2D eigenvalue weighted by atomic mass is 10.1. The topological polar surface area (TPSA) is 71.1 Å². The van der Waals surface area contributed by atoms with E-state index in [0.717, 1.165) is 13.0 Å². The van der Waals surface area contributed by atoms with Crippen LogP contribution in [0, 0.1) is 0 Å². The third-order valence-electron chi connectivity index (χ3n) is 2.34. The van der Waals surface area contributed by atoms with E-state index in [2.05, 4.69) is 4.74 Å². The molecule has 0 atom stereocenters. The first-order valence-corrected chi connectivity index (χ1v) is 5.72. The zero-order valence-electron chi connectivity index (χ0n) is 11.8. The van der Waals surface area contributed by atoms with Crippen molar-refractivity contribution in [2.45, 2.75) is 6.92 Å². The van der Waals surface area contributed by atoms with Crippen molar-refractivity contribution in [2.24, 2.45) is 0 Å². The molecule has 0 aliphatic heterocycles. The first-order chi connectivity index (χ1) is 9.51. The average molecular weight is 280 g/mol. The smallest absolute Gasteiger partial charge is 0.338 e. The van der Waals surface area contributed by atoms with E-state index >= 15 is 0 Å². The number of carbonyl (C=O) groups excluding carboxylic acids is 2. The molecule has 0 N–H and O–H groups in total. The summed E-state index contributed by atoms with van der Waals surface area (Å²) in [6.07, 6.45) is 2.62. The summed E-state index contributed by atoms with van der Waals surface area (Å²) in [6.45, 7) is 1.16. The molecule has 20 heavy (non-hydrogen) atoms. The molecule has 0 aromatic heterocycles. The standard InChI is InChI=1S/C14H16O6/c1-9(15)20-13(16)6-5-10-7-11(17-2)14(19-4)12(8-10)18-3/h5-8H,1-4H3/b6-5-. The van der Waals surface area contributed by atoms with Crippen LogP contribution in [0.4, 0.5) is 0 Å². The number of hydrogen-bond donors (Lipinski definition) is 0. The second-order valence-corrected chi connectivity index (χ2v) is 3.70. The maximum Gasteiger partial charge on any atom is 0.338 e. The van der Waals surface area contributed by atoms with Crippen molar-refractivity contribution in [2.75, 3.05) is 21.3 Å². The van der Waals surface area contributed by atoms with E-state index in [-0.39, 0.29) is 0 Å². The lowest BCUT2D eigenvalue weighted by molar-refractivity contribution is -0.154. The van der Waals surface area contributed by atoms with Gasteiger partial charge < -0.3 is 18.9 Å². The third kappa shape index (κ3) is 4.01. The van der Waals surface area contributed by atoms with Gasteiger partial charge in [-0.2, -0.15) is 0 Å². The minimum Gasteiger partial charge on any atom is -0.493 e. The zero-order chi connectivity index (χ0) is 15.1. The Kier molecular flexibility index (Phi) is 5.58. The van der Waals surface area contributed by atoms with Crippen LogP contribution in [-0.2, 0) is 14.3 Å². The second kappa shape index (κ2) is 7.18. The van der Waals surface area contributed by atoms with Gasteiger partial charge in [0.05, 0.1) is 21.3 Å². The molecule has 0 heterocycles. The largest absolute Gasteiger partial charge is 0.493 e. The summed E-state index contributed by atoms with van der Waals surface area (Å²) >= 11 is 0. The van der Waals surface area contributed by atoms with Crippen LogP contribution in [0.2, 0.25) is 0 Å². The van der Waals surface area contributed by atoms with Gasteiger partial charge in [0, 0.05) is 13.0 Å². The van der Waals surface area contributed by atoms with Gasteiger partial charge >= 0.3 is 11.9 Å². The van der Waals surface area contributed by atoms with Crippen LogP contribution in [0.3, 0.4) is 0 Å². The Bertz CT molecular complexity index is 507. The third-order valence-corrected chi connectivity index (χ3v) is 2.34. The number of benzene rings is 1. The number of hydrogen-bond acceptors (Lipinski definition) is 6. The number of methoxy groups -OCH3 is 3. The Hall–Kier alpha value is -2.50. The summed E-state index contributed by atoms with van der Waals surface area (Å²) in [5, 5.41) is 0. The SMILES string of the molecule is COc1cc(/C=C\C(=O)OC(C)=O)cc(OC)c1OC. The number of esters is 2. The molecular weight excluding hydrogens is 264 g/mol. The van der Waals surface area contributed by atoms with Crippen molar-refractivity contribution >= 4 is 18.0 Å². The van der Waals surface area contributed by atoms with Crippen molar-refractivity contribution in [3.05, 3.63) is 23.8 Å². The van der Waals surface area contributed by atoms with Gasteiger partial charge in [-0.05, 0) is 23.8 Å². The molecular formula is C14H16O6. The second-order valence-electron chi connectivity index (χ2n) is 3.70. The van der Waals surface area contributed by atoms with Crippen LogP contribution in [0.25, 0.3) is 6.08 Å². The molecule has 0 saturated carbocycles. The Balaban J connectivity index is 3.04. The molecule has 0 unspecified atom stereocenters. The summed E-state index contributed by atoms with van der Waals surface area (Å²) in [7, 11) is 4.49. The molecule has 1 aromatic rings. The molecule has 0 fully saturated rings. The van der Waals surface area contributed by atoms with Crippen molar-refractivity contribution in [1.29, 1.82) is 0 Å². The first-order valence-electron chi connectivity index (χ1n) is 5.72. The molecule has 108 valence electrons. The zero-order valence-corrected chi connectivity index (χ0v) is 11.8. The molecule has 6 nitrogen and oxygen atoms in total. The van der Waals surface area contributed by atoms with Crippen LogP contribution >= 0.6 is 0 Å². The molecule has 0 aliphatic carbocycles. The normalized spacial score (nSPS) is 10.2. The number of rotatable bonds is 5. The molecule has 0 bridgehead atoms. The first kappa shape index (κ1) is 15.6. The Labute approximate surface area is 116 Å². The average Bonchev–Trinajstić information content (AvgIpc) is 2.42. The quantitative estimate of drug-likeness (QED) is 0.465. The van der Waals surface area contributed by atoms with Crippen LogP contribution < -0.4 is 14.2 Å². The van der Waals surface area contributed by atoms with E-state index in [9.17, 15) is 9.59 Å². The summed E-state index contributed by atoms with van der Waals surface area (Å²) in [6, 6.07) is 3.33. The molecule has 0 aliphatic rings. The fourth-order valence-corrected chi connectivity index (χ4v) is 1.54. The fourth-order valence-electron chi connectivity index (χ4n) is 1.54. The van der Waals surface area contributed by atoms with Gasteiger partial charge in [0.15, 0.2) is 11.5 Å². The van der Waals surface area contributed by atoms with Crippen LogP contribution in [-0.4, -0.2) is 33.3 Å². The van der Waals surface area contributed by atoms with Crippen LogP contribution in [0.15, 0.2) is 18.2 Å². The number of carbonyl (C=O) groups is 2. The highest BCUT2D eigenvalue weighted by Crippen LogP contribution is 2.38. The monoisotopic (exact) mass is 280 g/mol. The van der Waals surface area contributed by atoms with Crippen molar-refractivity contribution < 1.29 is 28.5 Å². The van der Waals surface area contributed by atoms with E-state index in [1.54, 1.807) is 12.1 Å². The van der Waals surface area contributed by atoms with Crippen LogP contribution in [0.1, 0.15) is 12.5 Å². The minimum absolute atomic E-state index is 0.457. The van der Waals surface area contributed by atoms with Gasteiger partial charge in [-0.1, -0.05) is 0 Å². The van der Waals surface area contributed by atoms with E-state index in [1.807, 2.05) is 0 Å². The summed E-state index contributed by atoms with van der Waals surface area (Å²) in [4.78, 5) is 21.9. The predicted octanol–water partition coefficient (Wildman–Crippen LogP) is 1.82. The molecule has 6 heteroatoms. The Morgan fingerprint density at radius 1 is 1.00 bits per heavy atom. The van der Waals surface area contributed by atoms with E-state index in [4.69, 9.17) is 14.2 Å². The maximum atomic E-state index is 11.2. The maximum absolute atomic E-state index is 11.2. The molecule has 0 saturated heterocycles. The predicted molar refractivity (Wildman–Crippen MR) is 71.9 cm³/mol.